The van der Waals surface area contributed by atoms with Crippen molar-refractivity contribution in [2.45, 2.75) is 32.9 Å². The van der Waals surface area contributed by atoms with Gasteiger partial charge in [0.25, 0.3) is 0 Å². The molecule has 0 heterocycles. The van der Waals surface area contributed by atoms with Crippen molar-refractivity contribution in [2.75, 3.05) is 4.90 Å². The maximum atomic E-state index is 12.7. The molecule has 0 atom stereocenters. The predicted molar refractivity (Wildman–Crippen MR) is 87.8 cm³/mol. The molecule has 0 aliphatic carbocycles. The second-order valence-electron chi connectivity index (χ2n) is 6.17. The number of hydroxylamine groups is 2. The number of rotatable bonds is 3. The Morgan fingerprint density at radius 2 is 1.45 bits per heavy atom. The summed E-state index contributed by atoms with van der Waals surface area (Å²) in [5.74, 6) is 0. The first kappa shape index (κ1) is 16.0. The van der Waals surface area contributed by atoms with E-state index in [-0.39, 0.29) is 6.54 Å². The molecule has 0 radical (unpaired) electrons. The van der Waals surface area contributed by atoms with Gasteiger partial charge in [-0.05, 0) is 38.5 Å². The summed E-state index contributed by atoms with van der Waals surface area (Å²) in [7, 11) is 0. The molecule has 116 valence electrons. The van der Waals surface area contributed by atoms with Crippen LogP contribution in [0, 0.1) is 0 Å². The van der Waals surface area contributed by atoms with Crippen molar-refractivity contribution >= 4 is 11.7 Å². The van der Waals surface area contributed by atoms with E-state index in [2.05, 4.69) is 0 Å². The molecule has 22 heavy (non-hydrogen) atoms. The van der Waals surface area contributed by atoms with Crippen LogP contribution < -0.4 is 4.90 Å². The molecule has 2 aromatic rings. The highest BCUT2D eigenvalue weighted by Crippen LogP contribution is 2.25. The zero-order valence-corrected chi connectivity index (χ0v) is 13.2. The second-order valence-corrected chi connectivity index (χ2v) is 6.17. The van der Waals surface area contributed by atoms with Crippen LogP contribution in [-0.4, -0.2) is 21.8 Å². The van der Waals surface area contributed by atoms with Gasteiger partial charge >= 0.3 is 6.03 Å². The number of urea groups is 1. The van der Waals surface area contributed by atoms with E-state index in [1.165, 1.54) is 0 Å². The molecule has 4 heteroatoms. The maximum absolute atomic E-state index is 12.7. The van der Waals surface area contributed by atoms with Gasteiger partial charge in [0, 0.05) is 11.2 Å². The van der Waals surface area contributed by atoms with E-state index in [0.29, 0.717) is 0 Å². The van der Waals surface area contributed by atoms with E-state index < -0.39 is 11.6 Å². The van der Waals surface area contributed by atoms with Gasteiger partial charge < -0.3 is 0 Å². The monoisotopic (exact) mass is 298 g/mol. The molecular formula is C18H22N2O2. The summed E-state index contributed by atoms with van der Waals surface area (Å²) < 4.78 is 0. The normalized spacial score (nSPS) is 11.1. The maximum Gasteiger partial charge on any atom is 0.349 e. The lowest BCUT2D eigenvalue weighted by molar-refractivity contribution is -0.0492. The summed E-state index contributed by atoms with van der Waals surface area (Å²) >= 11 is 0. The number of anilines is 1. The number of hydrogen-bond donors (Lipinski definition) is 1. The van der Waals surface area contributed by atoms with Crippen molar-refractivity contribution < 1.29 is 10.0 Å². The third kappa shape index (κ3) is 3.86. The Balaban J connectivity index is 2.23. The number of carbonyl (C=O) groups excluding carboxylic acids is 1. The van der Waals surface area contributed by atoms with Crippen molar-refractivity contribution in [3.63, 3.8) is 0 Å². The molecule has 4 nitrogen and oxygen atoms in total. The fourth-order valence-corrected chi connectivity index (χ4v) is 2.30. The second kappa shape index (κ2) is 6.62. The van der Waals surface area contributed by atoms with E-state index in [4.69, 9.17) is 0 Å². The molecule has 0 aliphatic rings. The summed E-state index contributed by atoms with van der Waals surface area (Å²) in [6.45, 7) is 5.97. The van der Waals surface area contributed by atoms with Crippen LogP contribution in [0.2, 0.25) is 0 Å². The fourth-order valence-electron chi connectivity index (χ4n) is 2.30. The first-order chi connectivity index (χ1) is 10.4. The molecule has 0 unspecified atom stereocenters. The van der Waals surface area contributed by atoms with Gasteiger partial charge in [-0.2, -0.15) is 0 Å². The van der Waals surface area contributed by atoms with Gasteiger partial charge in [-0.25, -0.2) is 9.86 Å². The molecule has 2 rings (SSSR count). The van der Waals surface area contributed by atoms with Gasteiger partial charge in [0.1, 0.15) is 0 Å². The zero-order valence-electron chi connectivity index (χ0n) is 13.2. The topological polar surface area (TPSA) is 43.8 Å². The molecule has 0 saturated carbocycles. The average molecular weight is 298 g/mol. The van der Waals surface area contributed by atoms with E-state index in [0.717, 1.165) is 16.3 Å². The van der Waals surface area contributed by atoms with Crippen LogP contribution >= 0.6 is 0 Å². The first-order valence-corrected chi connectivity index (χ1v) is 7.29. The van der Waals surface area contributed by atoms with Gasteiger partial charge in [0.15, 0.2) is 0 Å². The molecule has 0 aromatic heterocycles. The largest absolute Gasteiger partial charge is 0.349 e. The summed E-state index contributed by atoms with van der Waals surface area (Å²) in [5.41, 5.74) is 1.18. The first-order valence-electron chi connectivity index (χ1n) is 7.29. The van der Waals surface area contributed by atoms with E-state index in [1.807, 2.05) is 81.4 Å². The smallest absolute Gasteiger partial charge is 0.287 e. The van der Waals surface area contributed by atoms with Crippen LogP contribution in [0.25, 0.3) is 0 Å². The summed E-state index contributed by atoms with van der Waals surface area (Å²) in [6, 6.07) is 18.3. The molecule has 2 amide bonds. The van der Waals surface area contributed by atoms with E-state index in [9.17, 15) is 10.0 Å². The highest BCUT2D eigenvalue weighted by molar-refractivity contribution is 5.92. The van der Waals surface area contributed by atoms with Crippen LogP contribution in [0.15, 0.2) is 60.7 Å². The molecule has 1 N–H and O–H groups in total. The SMILES string of the molecule is CC(C)(C)N(C(=O)N(O)Cc1ccccc1)c1ccccc1. The lowest BCUT2D eigenvalue weighted by Gasteiger charge is -2.37. The van der Waals surface area contributed by atoms with Crippen molar-refractivity contribution in [1.29, 1.82) is 0 Å². The Morgan fingerprint density at radius 1 is 0.955 bits per heavy atom. The third-order valence-corrected chi connectivity index (χ3v) is 3.27. The molecule has 0 spiro atoms. The Kier molecular flexibility index (Phi) is 4.83. The van der Waals surface area contributed by atoms with E-state index >= 15 is 0 Å². The van der Waals surface area contributed by atoms with Crippen molar-refractivity contribution in [2.24, 2.45) is 0 Å². The standard InChI is InChI=1S/C18H22N2O2/c1-18(2,3)20(16-12-8-5-9-13-16)17(21)19(22)14-15-10-6-4-7-11-15/h4-13,22H,14H2,1-3H3. The van der Waals surface area contributed by atoms with Gasteiger partial charge in [0.2, 0.25) is 0 Å². The lowest BCUT2D eigenvalue weighted by Crippen LogP contribution is -2.51. The molecule has 0 fully saturated rings. The molecular weight excluding hydrogens is 276 g/mol. The van der Waals surface area contributed by atoms with Gasteiger partial charge in [-0.3, -0.25) is 10.1 Å². The molecule has 2 aromatic carbocycles. The van der Waals surface area contributed by atoms with Crippen molar-refractivity contribution in [3.05, 3.63) is 66.2 Å². The number of hydrogen-bond acceptors (Lipinski definition) is 2. The highest BCUT2D eigenvalue weighted by atomic mass is 16.5. The Hall–Kier alpha value is -2.33. The fraction of sp³-hybridized carbons (Fsp3) is 0.278. The van der Waals surface area contributed by atoms with Crippen LogP contribution in [0.4, 0.5) is 10.5 Å². The quantitative estimate of drug-likeness (QED) is 0.678. The van der Waals surface area contributed by atoms with Crippen LogP contribution in [0.1, 0.15) is 26.3 Å². The van der Waals surface area contributed by atoms with E-state index in [1.54, 1.807) is 4.90 Å². The van der Waals surface area contributed by atoms with Gasteiger partial charge in [-0.15, -0.1) is 0 Å². The number of benzene rings is 2. The summed E-state index contributed by atoms with van der Waals surface area (Å²) in [6.07, 6.45) is 0. The number of carbonyl (C=O) groups is 1. The van der Waals surface area contributed by atoms with Gasteiger partial charge in [0.05, 0.1) is 6.54 Å². The Labute approximate surface area is 131 Å². The van der Waals surface area contributed by atoms with Crippen molar-refractivity contribution in [3.8, 4) is 0 Å². The summed E-state index contributed by atoms with van der Waals surface area (Å²) in [4.78, 5) is 14.3. The number of nitrogens with zero attached hydrogens (tertiary/aromatic N) is 2. The average Bonchev–Trinajstić information content (AvgIpc) is 2.48. The van der Waals surface area contributed by atoms with Crippen molar-refractivity contribution in [1.82, 2.24) is 5.06 Å². The Morgan fingerprint density at radius 3 is 1.95 bits per heavy atom. The summed E-state index contributed by atoms with van der Waals surface area (Å²) in [5, 5.41) is 11.0. The van der Waals surface area contributed by atoms with Crippen LogP contribution in [0.5, 0.6) is 0 Å². The molecule has 0 saturated heterocycles. The zero-order chi connectivity index (χ0) is 16.2. The number of amides is 2. The molecule has 0 bridgehead atoms. The molecule has 0 aliphatic heterocycles. The third-order valence-electron chi connectivity index (χ3n) is 3.27. The minimum absolute atomic E-state index is 0.152. The Bertz CT molecular complexity index is 606. The predicted octanol–water partition coefficient (Wildman–Crippen LogP) is 4.30. The van der Waals surface area contributed by atoms with Crippen LogP contribution in [0.3, 0.4) is 0 Å². The van der Waals surface area contributed by atoms with Crippen LogP contribution in [-0.2, 0) is 6.54 Å². The highest BCUT2D eigenvalue weighted by Gasteiger charge is 2.31. The number of para-hydroxylation sites is 1. The minimum atomic E-state index is -0.448. The minimum Gasteiger partial charge on any atom is -0.287 e. The lowest BCUT2D eigenvalue weighted by atomic mass is 10.1. The van der Waals surface area contributed by atoms with Gasteiger partial charge in [-0.1, -0.05) is 48.5 Å².